The van der Waals surface area contributed by atoms with E-state index in [1.54, 1.807) is 23.1 Å². The van der Waals surface area contributed by atoms with Gasteiger partial charge in [0.25, 0.3) is 0 Å². The van der Waals surface area contributed by atoms with Gasteiger partial charge >= 0.3 is 6.03 Å². The van der Waals surface area contributed by atoms with Crippen LogP contribution < -0.4 is 10.1 Å². The van der Waals surface area contributed by atoms with E-state index in [9.17, 15) is 13.2 Å². The number of carbonyl (C=O) groups excluding carboxylic acids is 1. The van der Waals surface area contributed by atoms with Crippen molar-refractivity contribution in [3.8, 4) is 5.75 Å². The molecule has 0 aliphatic carbocycles. The molecule has 1 saturated heterocycles. The number of piperidine rings is 1. The second-order valence-corrected chi connectivity index (χ2v) is 9.21. The van der Waals surface area contributed by atoms with E-state index in [4.69, 9.17) is 4.74 Å². The Balaban J connectivity index is 1.61. The number of rotatable bonds is 4. The highest BCUT2D eigenvalue weighted by Crippen LogP contribution is 2.27. The van der Waals surface area contributed by atoms with Gasteiger partial charge in [0.15, 0.2) is 9.84 Å². The molecule has 1 aliphatic heterocycles. The number of para-hydroxylation sites is 2. The lowest BCUT2D eigenvalue weighted by atomic mass is 10.1. The molecule has 0 radical (unpaired) electrons. The van der Waals surface area contributed by atoms with Crippen LogP contribution in [0.25, 0.3) is 0 Å². The highest BCUT2D eigenvalue weighted by atomic mass is 32.2. The molecule has 6 nitrogen and oxygen atoms in total. The van der Waals surface area contributed by atoms with Gasteiger partial charge in [0.1, 0.15) is 11.9 Å². The summed E-state index contributed by atoms with van der Waals surface area (Å²) in [6, 6.07) is 12.2. The highest BCUT2D eigenvalue weighted by Gasteiger charge is 2.25. The van der Waals surface area contributed by atoms with Crippen molar-refractivity contribution in [3.63, 3.8) is 0 Å². The number of amides is 2. The van der Waals surface area contributed by atoms with Crippen LogP contribution in [-0.4, -0.2) is 44.8 Å². The number of carbonyl (C=O) groups is 1. The molecular formula is C21H26N2O4S. The number of urea groups is 1. The number of hydrogen-bond acceptors (Lipinski definition) is 4. The van der Waals surface area contributed by atoms with Crippen LogP contribution >= 0.6 is 0 Å². The van der Waals surface area contributed by atoms with Gasteiger partial charge in [-0.05, 0) is 37.1 Å². The van der Waals surface area contributed by atoms with Gasteiger partial charge in [-0.3, -0.25) is 0 Å². The molecule has 2 aromatic carbocycles. The van der Waals surface area contributed by atoms with Crippen molar-refractivity contribution in [3.05, 3.63) is 53.6 Å². The Hall–Kier alpha value is -2.54. The first-order valence-corrected chi connectivity index (χ1v) is 11.2. The van der Waals surface area contributed by atoms with E-state index in [2.05, 4.69) is 5.32 Å². The molecule has 0 saturated carbocycles. The number of anilines is 1. The van der Waals surface area contributed by atoms with Crippen LogP contribution in [0, 0.1) is 13.8 Å². The van der Waals surface area contributed by atoms with Gasteiger partial charge in [-0.2, -0.15) is 0 Å². The number of likely N-dealkylation sites (tertiary alicyclic amines) is 1. The van der Waals surface area contributed by atoms with E-state index < -0.39 is 9.84 Å². The average Bonchev–Trinajstić information content (AvgIpc) is 2.65. The molecular weight excluding hydrogens is 376 g/mol. The minimum atomic E-state index is -3.41. The Morgan fingerprint density at radius 2 is 1.64 bits per heavy atom. The lowest BCUT2D eigenvalue weighted by Gasteiger charge is -2.33. The van der Waals surface area contributed by atoms with E-state index in [1.807, 2.05) is 32.0 Å². The van der Waals surface area contributed by atoms with Crippen LogP contribution in [0.1, 0.15) is 24.0 Å². The maximum absolute atomic E-state index is 12.6. The summed E-state index contributed by atoms with van der Waals surface area (Å²) >= 11 is 0. The van der Waals surface area contributed by atoms with Crippen molar-refractivity contribution in [1.29, 1.82) is 0 Å². The zero-order valence-corrected chi connectivity index (χ0v) is 17.3. The number of benzene rings is 2. The second kappa shape index (κ2) is 8.22. The quantitative estimate of drug-likeness (QED) is 0.844. The van der Waals surface area contributed by atoms with Crippen molar-refractivity contribution in [1.82, 2.24) is 4.90 Å². The van der Waals surface area contributed by atoms with Crippen LogP contribution in [0.5, 0.6) is 5.75 Å². The van der Waals surface area contributed by atoms with Crippen molar-refractivity contribution in [2.75, 3.05) is 24.7 Å². The number of nitrogens with zero attached hydrogens (tertiary/aromatic N) is 1. The van der Waals surface area contributed by atoms with Gasteiger partial charge in [-0.15, -0.1) is 0 Å². The largest absolute Gasteiger partial charge is 0.490 e. The smallest absolute Gasteiger partial charge is 0.321 e. The van der Waals surface area contributed by atoms with E-state index >= 15 is 0 Å². The first kappa shape index (κ1) is 20.2. The van der Waals surface area contributed by atoms with Crippen LogP contribution in [0.15, 0.2) is 47.4 Å². The van der Waals surface area contributed by atoms with Gasteiger partial charge < -0.3 is 15.0 Å². The van der Waals surface area contributed by atoms with E-state index in [1.165, 1.54) is 6.07 Å². The molecule has 3 rings (SSSR count). The summed E-state index contributed by atoms with van der Waals surface area (Å²) in [4.78, 5) is 14.4. The summed E-state index contributed by atoms with van der Waals surface area (Å²) in [5.41, 5.74) is 2.53. The van der Waals surface area contributed by atoms with Gasteiger partial charge in [-0.1, -0.05) is 30.3 Å². The molecule has 1 N–H and O–H groups in total. The van der Waals surface area contributed by atoms with Gasteiger partial charge in [-0.25, -0.2) is 13.2 Å². The Kier molecular flexibility index (Phi) is 5.93. The number of hydrogen-bond donors (Lipinski definition) is 1. The molecule has 0 atom stereocenters. The molecule has 1 fully saturated rings. The van der Waals surface area contributed by atoms with Crippen LogP contribution in [-0.2, 0) is 9.84 Å². The third-order valence-electron chi connectivity index (χ3n) is 4.95. The number of ether oxygens (including phenoxy) is 1. The normalized spacial score (nSPS) is 15.3. The SMILES string of the molecule is Cc1cccc(C)c1OC1CCN(C(=O)Nc2ccccc2S(C)(=O)=O)CC1. The average molecular weight is 403 g/mol. The molecule has 28 heavy (non-hydrogen) atoms. The van der Waals surface area contributed by atoms with Crippen molar-refractivity contribution < 1.29 is 17.9 Å². The molecule has 0 unspecified atom stereocenters. The van der Waals surface area contributed by atoms with Crippen LogP contribution in [0.4, 0.5) is 10.5 Å². The minimum absolute atomic E-state index is 0.0622. The van der Waals surface area contributed by atoms with Crippen molar-refractivity contribution in [2.45, 2.75) is 37.7 Å². The first-order chi connectivity index (χ1) is 13.3. The third-order valence-corrected chi connectivity index (χ3v) is 6.11. The van der Waals surface area contributed by atoms with E-state index in [-0.39, 0.29) is 17.0 Å². The fourth-order valence-corrected chi connectivity index (χ4v) is 4.26. The predicted molar refractivity (Wildman–Crippen MR) is 110 cm³/mol. The molecule has 2 amide bonds. The van der Waals surface area contributed by atoms with Crippen LogP contribution in [0.3, 0.4) is 0 Å². The standard InChI is InChI=1S/C21H26N2O4S/c1-15-7-6-8-16(2)20(15)27-17-11-13-23(14-12-17)21(24)22-18-9-4-5-10-19(18)28(3,25)26/h4-10,17H,11-14H2,1-3H3,(H,22,24). The highest BCUT2D eigenvalue weighted by molar-refractivity contribution is 7.90. The zero-order valence-electron chi connectivity index (χ0n) is 16.4. The Morgan fingerprint density at radius 1 is 1.04 bits per heavy atom. The Morgan fingerprint density at radius 3 is 2.25 bits per heavy atom. The molecule has 1 aliphatic rings. The molecule has 0 aromatic heterocycles. The fraction of sp³-hybridized carbons (Fsp3) is 0.381. The zero-order chi connectivity index (χ0) is 20.3. The summed E-state index contributed by atoms with van der Waals surface area (Å²) in [5.74, 6) is 0.924. The van der Waals surface area contributed by atoms with Crippen LogP contribution in [0.2, 0.25) is 0 Å². The molecule has 7 heteroatoms. The summed E-state index contributed by atoms with van der Waals surface area (Å²) in [6.45, 7) is 5.18. The predicted octanol–water partition coefficient (Wildman–Crippen LogP) is 3.78. The maximum Gasteiger partial charge on any atom is 0.321 e. The third kappa shape index (κ3) is 4.65. The fourth-order valence-electron chi connectivity index (χ4n) is 3.42. The van der Waals surface area contributed by atoms with Crippen molar-refractivity contribution >= 4 is 21.6 Å². The molecule has 2 aromatic rings. The Bertz CT molecular complexity index is 944. The van der Waals surface area contributed by atoms with Gasteiger partial charge in [0.05, 0.1) is 10.6 Å². The number of sulfone groups is 1. The van der Waals surface area contributed by atoms with Crippen molar-refractivity contribution in [2.24, 2.45) is 0 Å². The van der Waals surface area contributed by atoms with E-state index in [0.29, 0.717) is 18.8 Å². The summed E-state index contributed by atoms with van der Waals surface area (Å²) in [6.07, 6.45) is 2.66. The lowest BCUT2D eigenvalue weighted by Crippen LogP contribution is -2.44. The summed E-state index contributed by atoms with van der Waals surface area (Å²) < 4.78 is 30.0. The topological polar surface area (TPSA) is 75.7 Å². The van der Waals surface area contributed by atoms with Gasteiger partial charge in [0.2, 0.25) is 0 Å². The maximum atomic E-state index is 12.6. The van der Waals surface area contributed by atoms with Gasteiger partial charge in [0, 0.05) is 32.2 Å². The summed E-state index contributed by atoms with van der Waals surface area (Å²) in [5, 5.41) is 2.74. The second-order valence-electron chi connectivity index (χ2n) is 7.22. The molecule has 1 heterocycles. The molecule has 0 spiro atoms. The number of aryl methyl sites for hydroxylation is 2. The number of nitrogens with one attached hydrogen (secondary N) is 1. The molecule has 0 bridgehead atoms. The lowest BCUT2D eigenvalue weighted by molar-refractivity contribution is 0.114. The first-order valence-electron chi connectivity index (χ1n) is 9.33. The monoisotopic (exact) mass is 402 g/mol. The molecule has 150 valence electrons. The minimum Gasteiger partial charge on any atom is -0.490 e. The Labute approximate surface area is 166 Å². The van der Waals surface area contributed by atoms with E-state index in [0.717, 1.165) is 36.0 Å². The summed E-state index contributed by atoms with van der Waals surface area (Å²) in [7, 11) is -3.41.